The molecule has 162 valence electrons. The molecule has 2 aromatic carbocycles. The van der Waals surface area contributed by atoms with E-state index in [0.29, 0.717) is 43.6 Å². The third-order valence-electron chi connectivity index (χ3n) is 4.07. The Balaban J connectivity index is 1.81. The van der Waals surface area contributed by atoms with Crippen LogP contribution in [0.2, 0.25) is 0 Å². The topological polar surface area (TPSA) is 88.7 Å². The van der Waals surface area contributed by atoms with Crippen LogP contribution >= 0.6 is 0 Å². The van der Waals surface area contributed by atoms with Gasteiger partial charge >= 0.3 is 0 Å². The summed E-state index contributed by atoms with van der Waals surface area (Å²) >= 11 is 0. The Labute approximate surface area is 178 Å². The summed E-state index contributed by atoms with van der Waals surface area (Å²) in [5.41, 5.74) is 2.13. The lowest BCUT2D eigenvalue weighted by molar-refractivity contribution is -0.117. The Bertz CT molecular complexity index is 806. The van der Waals surface area contributed by atoms with Crippen LogP contribution in [-0.4, -0.2) is 38.2 Å². The van der Waals surface area contributed by atoms with Gasteiger partial charge in [0.1, 0.15) is 12.4 Å². The zero-order valence-electron chi connectivity index (χ0n) is 17.9. The van der Waals surface area contributed by atoms with Crippen molar-refractivity contribution >= 4 is 28.9 Å². The SMILES string of the molecule is CCOCCOc1ccccc1NC(=O)CNc1ccc(NC(=O)CC(C)C)cc1. The first-order chi connectivity index (χ1) is 14.5. The Kier molecular flexibility index (Phi) is 9.67. The maximum absolute atomic E-state index is 12.3. The minimum Gasteiger partial charge on any atom is -0.489 e. The second-order valence-corrected chi connectivity index (χ2v) is 7.17. The molecule has 0 radical (unpaired) electrons. The van der Waals surface area contributed by atoms with Gasteiger partial charge in [0.05, 0.1) is 18.8 Å². The van der Waals surface area contributed by atoms with Crippen molar-refractivity contribution in [3.63, 3.8) is 0 Å². The highest BCUT2D eigenvalue weighted by Crippen LogP contribution is 2.23. The molecule has 30 heavy (non-hydrogen) atoms. The van der Waals surface area contributed by atoms with Crippen molar-refractivity contribution in [3.8, 4) is 5.75 Å². The van der Waals surface area contributed by atoms with Gasteiger partial charge in [0, 0.05) is 24.4 Å². The molecular formula is C23H31N3O4. The van der Waals surface area contributed by atoms with Gasteiger partial charge in [-0.3, -0.25) is 9.59 Å². The molecule has 0 bridgehead atoms. The molecule has 3 N–H and O–H groups in total. The van der Waals surface area contributed by atoms with Crippen LogP contribution in [0.4, 0.5) is 17.1 Å². The standard InChI is InChI=1S/C23H31N3O4/c1-4-29-13-14-30-21-8-6-5-7-20(21)26-23(28)16-24-18-9-11-19(12-10-18)25-22(27)15-17(2)3/h5-12,17,24H,4,13-16H2,1-3H3,(H,25,27)(H,26,28). The molecule has 7 heteroatoms. The highest BCUT2D eigenvalue weighted by atomic mass is 16.5. The highest BCUT2D eigenvalue weighted by Gasteiger charge is 2.08. The van der Waals surface area contributed by atoms with Gasteiger partial charge in [0.2, 0.25) is 11.8 Å². The molecule has 2 rings (SSSR count). The number of benzene rings is 2. The van der Waals surface area contributed by atoms with Gasteiger partial charge in [-0.2, -0.15) is 0 Å². The summed E-state index contributed by atoms with van der Waals surface area (Å²) in [6.45, 7) is 7.59. The minimum absolute atomic E-state index is 0.00720. The number of carbonyl (C=O) groups excluding carboxylic acids is 2. The first-order valence-corrected chi connectivity index (χ1v) is 10.2. The van der Waals surface area contributed by atoms with Crippen molar-refractivity contribution in [2.75, 3.05) is 42.3 Å². The van der Waals surface area contributed by atoms with E-state index in [0.717, 1.165) is 11.4 Å². The smallest absolute Gasteiger partial charge is 0.243 e. The average molecular weight is 414 g/mol. The summed E-state index contributed by atoms with van der Waals surface area (Å²) in [6.07, 6.45) is 0.483. The van der Waals surface area contributed by atoms with Crippen LogP contribution < -0.4 is 20.7 Å². The van der Waals surface area contributed by atoms with Crippen LogP contribution in [0.3, 0.4) is 0 Å². The molecule has 0 aromatic heterocycles. The van der Waals surface area contributed by atoms with Gasteiger partial charge in [-0.25, -0.2) is 0 Å². The van der Waals surface area contributed by atoms with E-state index < -0.39 is 0 Å². The van der Waals surface area contributed by atoms with E-state index in [9.17, 15) is 9.59 Å². The molecule has 0 aliphatic rings. The third-order valence-corrected chi connectivity index (χ3v) is 4.07. The number of rotatable bonds is 12. The first-order valence-electron chi connectivity index (χ1n) is 10.2. The van der Waals surface area contributed by atoms with E-state index in [2.05, 4.69) is 16.0 Å². The summed E-state index contributed by atoms with van der Waals surface area (Å²) in [6, 6.07) is 14.5. The predicted octanol–water partition coefficient (Wildman–Crippen LogP) is 4.14. The number of ether oxygens (including phenoxy) is 2. The summed E-state index contributed by atoms with van der Waals surface area (Å²) in [5.74, 6) is 0.717. The van der Waals surface area contributed by atoms with E-state index in [1.54, 1.807) is 24.3 Å². The van der Waals surface area contributed by atoms with E-state index in [1.165, 1.54) is 0 Å². The number of carbonyl (C=O) groups is 2. The lowest BCUT2D eigenvalue weighted by atomic mass is 10.1. The van der Waals surface area contributed by atoms with Crippen molar-refractivity contribution in [3.05, 3.63) is 48.5 Å². The van der Waals surface area contributed by atoms with Gasteiger partial charge in [0.25, 0.3) is 0 Å². The number of nitrogens with one attached hydrogen (secondary N) is 3. The largest absolute Gasteiger partial charge is 0.489 e. The van der Waals surface area contributed by atoms with Crippen LogP contribution in [0.25, 0.3) is 0 Å². The van der Waals surface area contributed by atoms with Gasteiger partial charge in [-0.05, 0) is 49.2 Å². The monoisotopic (exact) mass is 413 g/mol. The number of hydrogen-bond donors (Lipinski definition) is 3. The summed E-state index contributed by atoms with van der Waals surface area (Å²) < 4.78 is 10.9. The van der Waals surface area contributed by atoms with Crippen molar-refractivity contribution < 1.29 is 19.1 Å². The molecule has 2 aromatic rings. The fourth-order valence-corrected chi connectivity index (χ4v) is 2.68. The number of anilines is 3. The summed E-state index contributed by atoms with van der Waals surface area (Å²) in [5, 5.41) is 8.78. The molecule has 0 aliphatic carbocycles. The molecule has 0 spiro atoms. The van der Waals surface area contributed by atoms with Crippen LogP contribution in [0.1, 0.15) is 27.2 Å². The molecule has 0 heterocycles. The number of para-hydroxylation sites is 2. The maximum Gasteiger partial charge on any atom is 0.243 e. The lowest BCUT2D eigenvalue weighted by Gasteiger charge is -2.13. The van der Waals surface area contributed by atoms with Gasteiger partial charge in [0.15, 0.2) is 0 Å². The summed E-state index contributed by atoms with van der Waals surface area (Å²) in [4.78, 5) is 24.1. The van der Waals surface area contributed by atoms with Crippen molar-refractivity contribution in [1.29, 1.82) is 0 Å². The van der Waals surface area contributed by atoms with E-state index in [4.69, 9.17) is 9.47 Å². The Morgan fingerprint density at radius 3 is 2.30 bits per heavy atom. The summed E-state index contributed by atoms with van der Waals surface area (Å²) in [7, 11) is 0. The minimum atomic E-state index is -0.190. The second-order valence-electron chi connectivity index (χ2n) is 7.17. The van der Waals surface area contributed by atoms with Crippen molar-refractivity contribution in [1.82, 2.24) is 0 Å². The molecule has 7 nitrogen and oxygen atoms in total. The molecule has 0 atom stereocenters. The number of hydrogen-bond acceptors (Lipinski definition) is 5. The Morgan fingerprint density at radius 2 is 1.60 bits per heavy atom. The van der Waals surface area contributed by atoms with E-state index in [-0.39, 0.29) is 18.4 Å². The van der Waals surface area contributed by atoms with Crippen molar-refractivity contribution in [2.45, 2.75) is 27.2 Å². The van der Waals surface area contributed by atoms with Gasteiger partial charge < -0.3 is 25.4 Å². The molecule has 0 saturated carbocycles. The van der Waals surface area contributed by atoms with Crippen molar-refractivity contribution in [2.24, 2.45) is 5.92 Å². The van der Waals surface area contributed by atoms with Crippen LogP contribution in [0.15, 0.2) is 48.5 Å². The zero-order chi connectivity index (χ0) is 21.8. The van der Waals surface area contributed by atoms with Crippen LogP contribution in [-0.2, 0) is 14.3 Å². The zero-order valence-corrected chi connectivity index (χ0v) is 17.9. The average Bonchev–Trinajstić information content (AvgIpc) is 2.71. The maximum atomic E-state index is 12.3. The normalized spacial score (nSPS) is 10.5. The molecule has 2 amide bonds. The Morgan fingerprint density at radius 1 is 0.900 bits per heavy atom. The molecular weight excluding hydrogens is 382 g/mol. The molecule has 0 fully saturated rings. The predicted molar refractivity (Wildman–Crippen MR) is 120 cm³/mol. The van der Waals surface area contributed by atoms with Crippen LogP contribution in [0.5, 0.6) is 5.75 Å². The van der Waals surface area contributed by atoms with E-state index in [1.807, 2.05) is 45.0 Å². The second kappa shape index (κ2) is 12.5. The highest BCUT2D eigenvalue weighted by molar-refractivity contribution is 5.95. The third kappa shape index (κ3) is 8.53. The fourth-order valence-electron chi connectivity index (χ4n) is 2.68. The molecule has 0 unspecified atom stereocenters. The fraction of sp³-hybridized carbons (Fsp3) is 0.391. The van der Waals surface area contributed by atoms with Crippen LogP contribution in [0, 0.1) is 5.92 Å². The molecule has 0 aliphatic heterocycles. The number of amides is 2. The van der Waals surface area contributed by atoms with Gasteiger partial charge in [-0.15, -0.1) is 0 Å². The Hall–Kier alpha value is -3.06. The quantitative estimate of drug-likeness (QED) is 0.455. The molecule has 0 saturated heterocycles. The first kappa shape index (κ1) is 23.2. The lowest BCUT2D eigenvalue weighted by Crippen LogP contribution is -2.22. The van der Waals surface area contributed by atoms with E-state index >= 15 is 0 Å². The van der Waals surface area contributed by atoms with Gasteiger partial charge in [-0.1, -0.05) is 26.0 Å².